The molecule has 0 radical (unpaired) electrons. The normalized spacial score (nSPS) is 10.5. The van der Waals surface area contributed by atoms with Crippen LogP contribution in [0.4, 0.5) is 0 Å². The Morgan fingerprint density at radius 1 is 1.46 bits per heavy atom. The van der Waals surface area contributed by atoms with E-state index in [0.717, 1.165) is 11.4 Å². The molecule has 0 N–H and O–H groups in total. The van der Waals surface area contributed by atoms with Crippen molar-refractivity contribution < 1.29 is 4.74 Å². The molecule has 0 aliphatic rings. The van der Waals surface area contributed by atoms with Crippen molar-refractivity contribution in [1.82, 2.24) is 4.98 Å². The lowest BCUT2D eigenvalue weighted by Crippen LogP contribution is -2.05. The third kappa shape index (κ3) is 3.23. The quantitative estimate of drug-likeness (QED) is 0.698. The predicted octanol–water partition coefficient (Wildman–Crippen LogP) is 3.08. The van der Waals surface area contributed by atoms with Gasteiger partial charge in [0, 0.05) is 0 Å². The summed E-state index contributed by atoms with van der Waals surface area (Å²) in [6.07, 6.45) is 0. The van der Waals surface area contributed by atoms with E-state index in [9.17, 15) is 0 Å². The average molecular weight is 200 g/mol. The summed E-state index contributed by atoms with van der Waals surface area (Å²) in [7, 11) is 0. The van der Waals surface area contributed by atoms with Crippen LogP contribution in [0.2, 0.25) is 5.15 Å². The fraction of sp³-hybridized carbons (Fsp3) is 0.500. The van der Waals surface area contributed by atoms with E-state index in [4.69, 9.17) is 16.3 Å². The number of hydrogen-bond acceptors (Lipinski definition) is 2. The maximum atomic E-state index is 5.71. The first-order valence-electron chi connectivity index (χ1n) is 4.35. The molecule has 0 atom stereocenters. The minimum absolute atomic E-state index is 0.509. The van der Waals surface area contributed by atoms with Crippen molar-refractivity contribution in [3.8, 4) is 5.75 Å². The summed E-state index contributed by atoms with van der Waals surface area (Å²) in [6, 6.07) is 3.59. The molecule has 13 heavy (non-hydrogen) atoms. The zero-order valence-electron chi connectivity index (χ0n) is 8.17. The second-order valence-corrected chi connectivity index (χ2v) is 3.81. The molecule has 0 aromatic carbocycles. The van der Waals surface area contributed by atoms with Crippen LogP contribution in [0.25, 0.3) is 0 Å². The largest absolute Gasteiger partial charge is 0.491 e. The Kier molecular flexibility index (Phi) is 3.55. The first-order valence-corrected chi connectivity index (χ1v) is 4.73. The van der Waals surface area contributed by atoms with E-state index in [2.05, 4.69) is 18.8 Å². The van der Waals surface area contributed by atoms with E-state index in [1.165, 1.54) is 0 Å². The zero-order chi connectivity index (χ0) is 9.84. The van der Waals surface area contributed by atoms with Crippen molar-refractivity contribution in [3.05, 3.63) is 23.0 Å². The topological polar surface area (TPSA) is 22.1 Å². The smallest absolute Gasteiger partial charge is 0.140 e. The van der Waals surface area contributed by atoms with E-state index in [-0.39, 0.29) is 0 Å². The third-order valence-electron chi connectivity index (χ3n) is 1.58. The van der Waals surface area contributed by atoms with Gasteiger partial charge in [-0.2, -0.15) is 0 Å². The number of ether oxygens (including phenoxy) is 1. The molecule has 1 aromatic heterocycles. The van der Waals surface area contributed by atoms with Gasteiger partial charge in [0.1, 0.15) is 10.9 Å². The molecule has 72 valence electrons. The predicted molar refractivity (Wildman–Crippen MR) is 54.3 cm³/mol. The van der Waals surface area contributed by atoms with Gasteiger partial charge in [0.25, 0.3) is 0 Å². The second kappa shape index (κ2) is 4.47. The maximum absolute atomic E-state index is 5.71. The lowest BCUT2D eigenvalue weighted by Gasteiger charge is -2.10. The molecule has 1 heterocycles. The Bertz CT molecular complexity index is 286. The highest BCUT2D eigenvalue weighted by atomic mass is 35.5. The number of rotatable bonds is 3. The molecule has 0 fully saturated rings. The molecule has 0 saturated heterocycles. The second-order valence-electron chi connectivity index (χ2n) is 3.42. The molecule has 0 unspecified atom stereocenters. The van der Waals surface area contributed by atoms with Crippen LogP contribution in [0.15, 0.2) is 12.1 Å². The van der Waals surface area contributed by atoms with Crippen LogP contribution in [0.5, 0.6) is 5.75 Å². The van der Waals surface area contributed by atoms with Gasteiger partial charge in [0.05, 0.1) is 12.3 Å². The summed E-state index contributed by atoms with van der Waals surface area (Å²) in [5.41, 5.74) is 0.841. The molecule has 2 nitrogen and oxygen atoms in total. The van der Waals surface area contributed by atoms with Crippen molar-refractivity contribution in [2.45, 2.75) is 20.8 Å². The molecule has 0 spiro atoms. The first kappa shape index (κ1) is 10.3. The summed E-state index contributed by atoms with van der Waals surface area (Å²) >= 11 is 5.71. The monoisotopic (exact) mass is 199 g/mol. The van der Waals surface area contributed by atoms with Crippen LogP contribution in [0, 0.1) is 12.8 Å². The van der Waals surface area contributed by atoms with Gasteiger partial charge in [-0.25, -0.2) is 4.98 Å². The molecule has 1 aromatic rings. The van der Waals surface area contributed by atoms with Gasteiger partial charge in [-0.3, -0.25) is 0 Å². The Morgan fingerprint density at radius 3 is 2.69 bits per heavy atom. The molecule has 1 rings (SSSR count). The highest BCUT2D eigenvalue weighted by molar-refractivity contribution is 6.29. The standard InChI is InChI=1S/C10H14ClNO/c1-7(2)6-13-9-4-5-10(11)12-8(9)3/h4-5,7H,6H2,1-3H3. The lowest BCUT2D eigenvalue weighted by atomic mass is 10.2. The number of nitrogens with zero attached hydrogens (tertiary/aromatic N) is 1. The summed E-state index contributed by atoms with van der Waals surface area (Å²) in [5, 5.41) is 0.509. The van der Waals surface area contributed by atoms with Gasteiger partial charge in [0.2, 0.25) is 0 Å². The van der Waals surface area contributed by atoms with Crippen molar-refractivity contribution in [2.24, 2.45) is 5.92 Å². The van der Waals surface area contributed by atoms with E-state index >= 15 is 0 Å². The van der Waals surface area contributed by atoms with Crippen LogP contribution >= 0.6 is 11.6 Å². The van der Waals surface area contributed by atoms with E-state index in [1.54, 1.807) is 6.07 Å². The fourth-order valence-electron chi connectivity index (χ4n) is 0.927. The van der Waals surface area contributed by atoms with Gasteiger partial charge in [-0.05, 0) is 25.0 Å². The van der Waals surface area contributed by atoms with Crippen LogP contribution in [-0.2, 0) is 0 Å². The molecular formula is C10H14ClNO. The SMILES string of the molecule is Cc1nc(Cl)ccc1OCC(C)C. The summed E-state index contributed by atoms with van der Waals surface area (Å²) in [5.74, 6) is 1.34. The number of aromatic nitrogens is 1. The van der Waals surface area contributed by atoms with Crippen LogP contribution in [0.3, 0.4) is 0 Å². The minimum Gasteiger partial charge on any atom is -0.491 e. The van der Waals surface area contributed by atoms with E-state index in [0.29, 0.717) is 17.7 Å². The molecular weight excluding hydrogens is 186 g/mol. The molecule has 0 aliphatic carbocycles. The Labute approximate surface area is 83.9 Å². The molecule has 0 aliphatic heterocycles. The number of halogens is 1. The van der Waals surface area contributed by atoms with Crippen LogP contribution in [-0.4, -0.2) is 11.6 Å². The average Bonchev–Trinajstić information content (AvgIpc) is 2.02. The van der Waals surface area contributed by atoms with Crippen molar-refractivity contribution in [2.75, 3.05) is 6.61 Å². The molecule has 0 bridgehead atoms. The number of pyridine rings is 1. The number of hydrogen-bond donors (Lipinski definition) is 0. The van der Waals surface area contributed by atoms with E-state index < -0.39 is 0 Å². The number of aryl methyl sites for hydroxylation is 1. The van der Waals surface area contributed by atoms with Gasteiger partial charge < -0.3 is 4.74 Å². The van der Waals surface area contributed by atoms with Crippen molar-refractivity contribution in [1.29, 1.82) is 0 Å². The Balaban J connectivity index is 2.67. The van der Waals surface area contributed by atoms with E-state index in [1.807, 2.05) is 13.0 Å². The fourth-order valence-corrected chi connectivity index (χ4v) is 1.12. The van der Waals surface area contributed by atoms with Crippen LogP contribution < -0.4 is 4.74 Å². The Hall–Kier alpha value is -0.760. The third-order valence-corrected chi connectivity index (χ3v) is 1.79. The summed E-state index contributed by atoms with van der Waals surface area (Å²) in [6.45, 7) is 6.82. The first-order chi connectivity index (χ1) is 6.09. The summed E-state index contributed by atoms with van der Waals surface area (Å²) < 4.78 is 5.53. The highest BCUT2D eigenvalue weighted by Crippen LogP contribution is 2.18. The van der Waals surface area contributed by atoms with Gasteiger partial charge in [-0.15, -0.1) is 0 Å². The van der Waals surface area contributed by atoms with Gasteiger partial charge in [0.15, 0.2) is 0 Å². The van der Waals surface area contributed by atoms with Crippen LogP contribution in [0.1, 0.15) is 19.5 Å². The molecule has 0 saturated carbocycles. The zero-order valence-corrected chi connectivity index (χ0v) is 8.93. The van der Waals surface area contributed by atoms with Crippen molar-refractivity contribution in [3.63, 3.8) is 0 Å². The van der Waals surface area contributed by atoms with Crippen molar-refractivity contribution >= 4 is 11.6 Å². The van der Waals surface area contributed by atoms with Gasteiger partial charge >= 0.3 is 0 Å². The maximum Gasteiger partial charge on any atom is 0.140 e. The minimum atomic E-state index is 0.509. The van der Waals surface area contributed by atoms with Gasteiger partial charge in [-0.1, -0.05) is 25.4 Å². The molecule has 3 heteroatoms. The summed E-state index contributed by atoms with van der Waals surface area (Å²) in [4.78, 5) is 4.09. The lowest BCUT2D eigenvalue weighted by molar-refractivity contribution is 0.268. The highest BCUT2D eigenvalue weighted by Gasteiger charge is 2.02. The molecule has 0 amide bonds. The Morgan fingerprint density at radius 2 is 2.15 bits per heavy atom.